The Bertz CT molecular complexity index is 666. The van der Waals surface area contributed by atoms with Crippen LogP contribution in [0.25, 0.3) is 0 Å². The van der Waals surface area contributed by atoms with E-state index < -0.39 is 0 Å². The molecule has 0 N–H and O–H groups in total. The van der Waals surface area contributed by atoms with E-state index in [0.717, 1.165) is 55.4 Å². The highest BCUT2D eigenvalue weighted by atomic mass is 35.5. The predicted molar refractivity (Wildman–Crippen MR) is 97.0 cm³/mol. The average Bonchev–Trinajstić information content (AvgIpc) is 2.87. The van der Waals surface area contributed by atoms with Crippen molar-refractivity contribution in [1.29, 1.82) is 0 Å². The van der Waals surface area contributed by atoms with Crippen molar-refractivity contribution in [3.05, 3.63) is 22.3 Å². The normalized spacial score (nSPS) is 45.8. The topological polar surface area (TPSA) is 43.4 Å². The second kappa shape index (κ2) is 5.97. The molecule has 0 aromatic rings. The molecular formula is C21H27ClO3. The number of fused-ring (bicyclic) bond motifs is 5. The molecule has 4 aliphatic carbocycles. The van der Waals surface area contributed by atoms with E-state index >= 15 is 0 Å². The van der Waals surface area contributed by atoms with Crippen LogP contribution in [0.15, 0.2) is 22.3 Å². The summed E-state index contributed by atoms with van der Waals surface area (Å²) in [6.07, 6.45) is 10.5. The largest absolute Gasteiger partial charge is 0.464 e. The van der Waals surface area contributed by atoms with Gasteiger partial charge in [-0.15, -0.1) is 0 Å². The molecule has 0 spiro atoms. The summed E-state index contributed by atoms with van der Waals surface area (Å²) >= 11 is 6.63. The Kier molecular flexibility index (Phi) is 4.14. The molecule has 2 saturated carbocycles. The lowest BCUT2D eigenvalue weighted by molar-refractivity contribution is -0.135. The Morgan fingerprint density at radius 2 is 1.88 bits per heavy atom. The number of ether oxygens (including phenoxy) is 1. The standard InChI is InChI=1S/C21H27ClO3/c1-20-7-5-15(25-12-24)10-14(20)3-4-16-17(20)6-8-21(2)18(16)9-13(11-23)19(21)22/h3,11-12,15-18H,4-10H2,1-2H3/t15-,16+,17-,18-,20-,21-/m0/s1. The number of allylic oxidation sites excluding steroid dienone is 3. The van der Waals surface area contributed by atoms with Crippen LogP contribution in [0.5, 0.6) is 0 Å². The number of hydrogen-bond donors (Lipinski definition) is 0. The molecule has 0 aromatic carbocycles. The third kappa shape index (κ3) is 2.38. The minimum absolute atomic E-state index is 0.0154. The molecule has 0 bridgehead atoms. The van der Waals surface area contributed by atoms with E-state index in [1.165, 1.54) is 12.0 Å². The molecular weight excluding hydrogens is 336 g/mol. The van der Waals surface area contributed by atoms with E-state index in [1.807, 2.05) is 0 Å². The Labute approximate surface area is 154 Å². The maximum Gasteiger partial charge on any atom is 0.293 e. The fourth-order valence-corrected chi connectivity index (χ4v) is 6.94. The molecule has 4 heteroatoms. The number of rotatable bonds is 3. The number of halogens is 1. The minimum Gasteiger partial charge on any atom is -0.464 e. The molecule has 0 aliphatic heterocycles. The van der Waals surface area contributed by atoms with Crippen molar-refractivity contribution in [2.75, 3.05) is 0 Å². The average molecular weight is 363 g/mol. The highest BCUT2D eigenvalue weighted by Gasteiger charge is 2.57. The van der Waals surface area contributed by atoms with Gasteiger partial charge in [-0.1, -0.05) is 37.1 Å². The van der Waals surface area contributed by atoms with Crippen LogP contribution in [0, 0.1) is 28.6 Å². The fraction of sp³-hybridized carbons (Fsp3) is 0.714. The molecule has 6 atom stereocenters. The Morgan fingerprint density at radius 3 is 2.60 bits per heavy atom. The van der Waals surface area contributed by atoms with Gasteiger partial charge in [-0.3, -0.25) is 9.59 Å². The second-order valence-electron chi connectivity index (χ2n) is 8.97. The molecule has 2 fully saturated rings. The zero-order valence-electron chi connectivity index (χ0n) is 15.1. The molecule has 0 heterocycles. The van der Waals surface area contributed by atoms with Gasteiger partial charge in [0.05, 0.1) is 0 Å². The van der Waals surface area contributed by atoms with Gasteiger partial charge in [-0.25, -0.2) is 0 Å². The van der Waals surface area contributed by atoms with Crippen LogP contribution >= 0.6 is 11.6 Å². The molecule has 4 rings (SSSR count). The van der Waals surface area contributed by atoms with Gasteiger partial charge in [-0.2, -0.15) is 0 Å². The van der Waals surface area contributed by atoms with Crippen molar-refractivity contribution < 1.29 is 14.3 Å². The molecule has 0 aromatic heterocycles. The van der Waals surface area contributed by atoms with Crippen molar-refractivity contribution in [2.45, 2.75) is 64.9 Å². The first-order valence-corrected chi connectivity index (χ1v) is 9.94. The van der Waals surface area contributed by atoms with E-state index in [9.17, 15) is 9.59 Å². The van der Waals surface area contributed by atoms with E-state index in [4.69, 9.17) is 16.3 Å². The minimum atomic E-state index is -0.0154. The zero-order chi connectivity index (χ0) is 17.8. The van der Waals surface area contributed by atoms with E-state index in [0.29, 0.717) is 24.2 Å². The Balaban J connectivity index is 1.63. The quantitative estimate of drug-likeness (QED) is 0.535. The van der Waals surface area contributed by atoms with Gasteiger partial charge < -0.3 is 4.74 Å². The van der Waals surface area contributed by atoms with Gasteiger partial charge in [0.1, 0.15) is 12.4 Å². The lowest BCUT2D eigenvalue weighted by Gasteiger charge is -2.57. The van der Waals surface area contributed by atoms with Crippen molar-refractivity contribution in [3.63, 3.8) is 0 Å². The monoisotopic (exact) mass is 362 g/mol. The van der Waals surface area contributed by atoms with Gasteiger partial charge in [0.25, 0.3) is 6.47 Å². The van der Waals surface area contributed by atoms with Gasteiger partial charge in [0.15, 0.2) is 0 Å². The van der Waals surface area contributed by atoms with Crippen LogP contribution in [-0.2, 0) is 14.3 Å². The van der Waals surface area contributed by atoms with Gasteiger partial charge in [-0.05, 0) is 61.7 Å². The van der Waals surface area contributed by atoms with Crippen LogP contribution < -0.4 is 0 Å². The maximum atomic E-state index is 11.5. The van der Waals surface area contributed by atoms with Crippen molar-refractivity contribution in [1.82, 2.24) is 0 Å². The Morgan fingerprint density at radius 1 is 1.12 bits per heavy atom. The van der Waals surface area contributed by atoms with Crippen LogP contribution in [-0.4, -0.2) is 18.9 Å². The molecule has 136 valence electrons. The van der Waals surface area contributed by atoms with Crippen LogP contribution in [0.3, 0.4) is 0 Å². The molecule has 0 saturated heterocycles. The predicted octanol–water partition coefficient (Wildman–Crippen LogP) is 4.79. The van der Waals surface area contributed by atoms with Gasteiger partial charge >= 0.3 is 0 Å². The van der Waals surface area contributed by atoms with Crippen LogP contribution in [0.4, 0.5) is 0 Å². The smallest absolute Gasteiger partial charge is 0.293 e. The highest BCUT2D eigenvalue weighted by molar-refractivity contribution is 6.32. The number of hydrogen-bond acceptors (Lipinski definition) is 3. The maximum absolute atomic E-state index is 11.5. The van der Waals surface area contributed by atoms with E-state index in [2.05, 4.69) is 19.9 Å². The molecule has 25 heavy (non-hydrogen) atoms. The first kappa shape index (κ1) is 17.3. The lowest BCUT2D eigenvalue weighted by atomic mass is 9.48. The molecule has 0 unspecified atom stereocenters. The van der Waals surface area contributed by atoms with Crippen molar-refractivity contribution in [2.24, 2.45) is 28.6 Å². The third-order valence-electron chi connectivity index (χ3n) is 8.06. The van der Waals surface area contributed by atoms with E-state index in [1.54, 1.807) is 0 Å². The summed E-state index contributed by atoms with van der Waals surface area (Å²) in [5.74, 6) is 1.73. The summed E-state index contributed by atoms with van der Waals surface area (Å²) in [6, 6.07) is 0. The van der Waals surface area contributed by atoms with Crippen molar-refractivity contribution in [3.8, 4) is 0 Å². The summed E-state index contributed by atoms with van der Waals surface area (Å²) in [6.45, 7) is 5.28. The summed E-state index contributed by atoms with van der Waals surface area (Å²) < 4.78 is 5.26. The third-order valence-corrected chi connectivity index (χ3v) is 8.74. The fourth-order valence-electron chi connectivity index (χ4n) is 6.58. The molecule has 0 amide bonds. The second-order valence-corrected chi connectivity index (χ2v) is 9.35. The van der Waals surface area contributed by atoms with Crippen LogP contribution in [0.1, 0.15) is 58.8 Å². The zero-order valence-corrected chi connectivity index (χ0v) is 15.8. The van der Waals surface area contributed by atoms with Crippen molar-refractivity contribution >= 4 is 24.4 Å². The number of carbonyl (C=O) groups is 2. The van der Waals surface area contributed by atoms with Crippen LogP contribution in [0.2, 0.25) is 0 Å². The Hall–Kier alpha value is -1.09. The first-order valence-electron chi connectivity index (χ1n) is 9.57. The molecule has 0 radical (unpaired) electrons. The first-order chi connectivity index (χ1) is 11.9. The van der Waals surface area contributed by atoms with E-state index in [-0.39, 0.29) is 16.9 Å². The molecule has 4 aliphatic rings. The summed E-state index contributed by atoms with van der Waals surface area (Å²) in [7, 11) is 0. The summed E-state index contributed by atoms with van der Waals surface area (Å²) in [4.78, 5) is 22.2. The van der Waals surface area contributed by atoms with Gasteiger partial charge in [0, 0.05) is 22.4 Å². The van der Waals surface area contributed by atoms with Gasteiger partial charge in [0.2, 0.25) is 0 Å². The lowest BCUT2D eigenvalue weighted by Crippen LogP contribution is -2.49. The highest BCUT2D eigenvalue weighted by Crippen LogP contribution is 2.66. The number of aldehydes is 1. The summed E-state index contributed by atoms with van der Waals surface area (Å²) in [5.41, 5.74) is 2.52. The summed E-state index contributed by atoms with van der Waals surface area (Å²) in [5, 5.41) is 0.828. The molecule has 3 nitrogen and oxygen atoms in total. The number of carbonyl (C=O) groups excluding carboxylic acids is 2. The SMILES string of the molecule is C[C@]12CC[C@H](OC=O)CC1=CC[C@@H]1[C@@H]2CC[C@]2(C)C(Cl)=C(C=O)C[C@@H]12.